The van der Waals surface area contributed by atoms with Crippen molar-refractivity contribution in [1.82, 2.24) is 30.3 Å². The Hall–Kier alpha value is -2.61. The predicted molar refractivity (Wildman–Crippen MR) is 122 cm³/mol. The van der Waals surface area contributed by atoms with Crippen molar-refractivity contribution >= 4 is 5.96 Å². The molecule has 31 heavy (non-hydrogen) atoms. The van der Waals surface area contributed by atoms with Crippen LogP contribution in [0.4, 0.5) is 0 Å². The van der Waals surface area contributed by atoms with E-state index in [0.29, 0.717) is 31.2 Å². The smallest absolute Gasteiger partial charge is 0.192 e. The van der Waals surface area contributed by atoms with E-state index in [9.17, 15) is 0 Å². The molecule has 168 valence electrons. The number of nitrogens with zero attached hydrogens (tertiary/aromatic N) is 5. The quantitative estimate of drug-likeness (QED) is 0.566. The van der Waals surface area contributed by atoms with Crippen molar-refractivity contribution < 1.29 is 4.74 Å². The molecule has 0 saturated carbocycles. The van der Waals surface area contributed by atoms with E-state index < -0.39 is 0 Å². The number of aromatic nitrogens is 3. The molecule has 1 fully saturated rings. The van der Waals surface area contributed by atoms with Crippen LogP contribution in [0.25, 0.3) is 0 Å². The summed E-state index contributed by atoms with van der Waals surface area (Å²) in [4.78, 5) is 7.44. The van der Waals surface area contributed by atoms with Gasteiger partial charge in [-0.25, -0.2) is 4.99 Å². The predicted octanol–water partition coefficient (Wildman–Crippen LogP) is 2.41. The molecule has 0 radical (unpaired) electrons. The van der Waals surface area contributed by atoms with Crippen LogP contribution < -0.4 is 15.4 Å². The first kappa shape index (κ1) is 21.6. The maximum atomic E-state index is 5.85. The van der Waals surface area contributed by atoms with Gasteiger partial charge in [0.25, 0.3) is 0 Å². The molecule has 2 aliphatic rings. The molecule has 3 unspecified atom stereocenters. The lowest BCUT2D eigenvalue weighted by atomic mass is 10.0. The number of benzene rings is 1. The largest absolute Gasteiger partial charge is 0.493 e. The summed E-state index contributed by atoms with van der Waals surface area (Å²) in [5.74, 6) is 4.07. The van der Waals surface area contributed by atoms with Gasteiger partial charge in [0.1, 0.15) is 18.1 Å². The topological polar surface area (TPSA) is 79.6 Å². The molecule has 4 rings (SSSR count). The zero-order chi connectivity index (χ0) is 22.0. The zero-order valence-corrected chi connectivity index (χ0v) is 19.3. The van der Waals surface area contributed by atoms with Gasteiger partial charge in [0.2, 0.25) is 0 Å². The summed E-state index contributed by atoms with van der Waals surface area (Å²) in [5.41, 5.74) is 1.18. The lowest BCUT2D eigenvalue weighted by Crippen LogP contribution is -2.48. The summed E-state index contributed by atoms with van der Waals surface area (Å²) in [6, 6.07) is 9.32. The van der Waals surface area contributed by atoms with Crippen LogP contribution >= 0.6 is 0 Å². The molecule has 0 aliphatic carbocycles. The molecule has 0 bridgehead atoms. The van der Waals surface area contributed by atoms with E-state index in [4.69, 9.17) is 9.73 Å². The van der Waals surface area contributed by atoms with Gasteiger partial charge in [-0.05, 0) is 32.8 Å². The van der Waals surface area contributed by atoms with Crippen LogP contribution in [0, 0.1) is 12.8 Å². The van der Waals surface area contributed by atoms with Gasteiger partial charge in [-0.15, -0.1) is 10.2 Å². The Morgan fingerprint density at radius 2 is 2.03 bits per heavy atom. The number of ether oxygens (including phenoxy) is 1. The van der Waals surface area contributed by atoms with E-state index in [0.717, 1.165) is 42.9 Å². The number of hydrogen-bond acceptors (Lipinski definition) is 5. The Kier molecular flexibility index (Phi) is 6.46. The van der Waals surface area contributed by atoms with E-state index in [1.165, 1.54) is 5.56 Å². The molecular formula is C23H35N7O. The first-order valence-corrected chi connectivity index (χ1v) is 11.3. The number of guanidine groups is 1. The molecule has 2 aromatic rings. The molecular weight excluding hydrogens is 390 g/mol. The third-order valence-corrected chi connectivity index (χ3v) is 6.52. The molecule has 8 heteroatoms. The van der Waals surface area contributed by atoms with Gasteiger partial charge in [-0.2, -0.15) is 0 Å². The average Bonchev–Trinajstić information content (AvgIpc) is 3.29. The highest BCUT2D eigenvalue weighted by molar-refractivity contribution is 5.81. The number of aryl methyl sites for hydroxylation is 1. The molecule has 1 saturated heterocycles. The van der Waals surface area contributed by atoms with Gasteiger partial charge < -0.3 is 19.9 Å². The van der Waals surface area contributed by atoms with E-state index in [1.807, 2.05) is 30.7 Å². The van der Waals surface area contributed by atoms with Crippen molar-refractivity contribution in [3.05, 3.63) is 41.5 Å². The summed E-state index contributed by atoms with van der Waals surface area (Å²) in [6.07, 6.45) is 0.902. The highest BCUT2D eigenvalue weighted by Gasteiger charge is 2.32. The summed E-state index contributed by atoms with van der Waals surface area (Å²) in [7, 11) is 1.98. The van der Waals surface area contributed by atoms with E-state index in [-0.39, 0.29) is 6.04 Å². The normalized spacial score (nSPS) is 24.2. The fraction of sp³-hybridized carbons (Fsp3) is 0.609. The zero-order valence-electron chi connectivity index (χ0n) is 19.3. The lowest BCUT2D eigenvalue weighted by Gasteiger charge is -2.29. The summed E-state index contributed by atoms with van der Waals surface area (Å²) >= 11 is 0. The van der Waals surface area contributed by atoms with E-state index in [1.54, 1.807) is 0 Å². The molecule has 0 amide bonds. The Balaban J connectivity index is 1.54. The fourth-order valence-electron chi connectivity index (χ4n) is 4.32. The van der Waals surface area contributed by atoms with Crippen molar-refractivity contribution in [2.24, 2.45) is 18.0 Å². The molecule has 0 spiro atoms. The van der Waals surface area contributed by atoms with Crippen LogP contribution in [-0.2, 0) is 13.6 Å². The minimum atomic E-state index is 0.162. The molecule has 8 nitrogen and oxygen atoms in total. The van der Waals surface area contributed by atoms with Crippen molar-refractivity contribution in [3.63, 3.8) is 0 Å². The first-order valence-electron chi connectivity index (χ1n) is 11.3. The lowest BCUT2D eigenvalue weighted by molar-refractivity contribution is 0.260. The summed E-state index contributed by atoms with van der Waals surface area (Å²) in [6.45, 7) is 12.1. The summed E-state index contributed by atoms with van der Waals surface area (Å²) < 4.78 is 7.84. The third-order valence-electron chi connectivity index (χ3n) is 6.52. The van der Waals surface area contributed by atoms with Crippen LogP contribution in [0.5, 0.6) is 5.75 Å². The molecule has 3 atom stereocenters. The van der Waals surface area contributed by atoms with Crippen molar-refractivity contribution in [2.45, 2.75) is 58.8 Å². The number of aliphatic imine (C=N–C) groups is 1. The van der Waals surface area contributed by atoms with Crippen LogP contribution in [0.2, 0.25) is 0 Å². The van der Waals surface area contributed by atoms with Gasteiger partial charge in [-0.3, -0.25) is 4.90 Å². The second kappa shape index (κ2) is 9.26. The SMILES string of the molecule is Cc1nnc(CN=C(NC2CCOc3ccccc32)NC2CN(C(C)C)CC2C)n1C. The van der Waals surface area contributed by atoms with E-state index in [2.05, 4.69) is 58.6 Å². The Morgan fingerprint density at radius 3 is 2.74 bits per heavy atom. The molecule has 1 aromatic carbocycles. The maximum Gasteiger partial charge on any atom is 0.192 e. The standard InChI is InChI=1S/C23H35N7O/c1-15(2)30-13-16(3)20(14-30)26-23(24-12-22-28-27-17(4)29(22)5)25-19-10-11-31-21-9-7-6-8-18(19)21/h6-9,15-16,19-20H,10-14H2,1-5H3,(H2,24,25,26). The van der Waals surface area contributed by atoms with Gasteiger partial charge in [0.15, 0.2) is 11.8 Å². The van der Waals surface area contributed by atoms with Crippen molar-refractivity contribution in [1.29, 1.82) is 0 Å². The van der Waals surface area contributed by atoms with Crippen LogP contribution in [0.15, 0.2) is 29.3 Å². The van der Waals surface area contributed by atoms with E-state index >= 15 is 0 Å². The van der Waals surface area contributed by atoms with Crippen LogP contribution in [0.3, 0.4) is 0 Å². The number of hydrogen-bond donors (Lipinski definition) is 2. The average molecular weight is 426 g/mol. The molecule has 3 heterocycles. The second-order valence-electron chi connectivity index (χ2n) is 9.03. The number of para-hydroxylation sites is 1. The maximum absolute atomic E-state index is 5.85. The van der Waals surface area contributed by atoms with Crippen LogP contribution in [-0.4, -0.2) is 57.4 Å². The molecule has 2 aliphatic heterocycles. The highest BCUT2D eigenvalue weighted by Crippen LogP contribution is 2.31. The minimum Gasteiger partial charge on any atom is -0.493 e. The number of likely N-dealkylation sites (tertiary alicyclic amines) is 1. The highest BCUT2D eigenvalue weighted by atomic mass is 16.5. The fourth-order valence-corrected chi connectivity index (χ4v) is 4.32. The van der Waals surface area contributed by atoms with Crippen LogP contribution in [0.1, 0.15) is 50.4 Å². The Bertz CT molecular complexity index is 922. The third kappa shape index (κ3) is 4.84. The number of fused-ring (bicyclic) bond motifs is 1. The molecule has 2 N–H and O–H groups in total. The van der Waals surface area contributed by atoms with Gasteiger partial charge >= 0.3 is 0 Å². The minimum absolute atomic E-state index is 0.162. The molecule has 1 aromatic heterocycles. The number of rotatable bonds is 5. The summed E-state index contributed by atoms with van der Waals surface area (Å²) in [5, 5.41) is 15.8. The van der Waals surface area contributed by atoms with Crippen molar-refractivity contribution in [2.75, 3.05) is 19.7 Å². The Labute approximate surface area is 185 Å². The van der Waals surface area contributed by atoms with Gasteiger partial charge in [-0.1, -0.05) is 25.1 Å². The second-order valence-corrected chi connectivity index (χ2v) is 9.03. The first-order chi connectivity index (χ1) is 14.9. The monoisotopic (exact) mass is 425 g/mol. The van der Waals surface area contributed by atoms with Crippen molar-refractivity contribution in [3.8, 4) is 5.75 Å². The van der Waals surface area contributed by atoms with Gasteiger partial charge in [0.05, 0.1) is 12.6 Å². The number of nitrogens with one attached hydrogen (secondary N) is 2. The van der Waals surface area contributed by atoms with Gasteiger partial charge in [0, 0.05) is 44.2 Å². The Morgan fingerprint density at radius 1 is 1.23 bits per heavy atom.